The van der Waals surface area contributed by atoms with Gasteiger partial charge in [-0.2, -0.15) is 0 Å². The molecule has 84 valence electrons. The zero-order valence-corrected chi connectivity index (χ0v) is 10.1. The van der Waals surface area contributed by atoms with Crippen molar-refractivity contribution in [3.63, 3.8) is 0 Å². The zero-order valence-electron chi connectivity index (χ0n) is 9.33. The van der Waals surface area contributed by atoms with Crippen LogP contribution in [0.4, 0.5) is 0 Å². The third kappa shape index (κ3) is 1.45. The fourth-order valence-electron chi connectivity index (χ4n) is 2.42. The molecule has 2 nitrogen and oxygen atoms in total. The Kier molecular flexibility index (Phi) is 2.23. The second-order valence-corrected chi connectivity index (χ2v) is 5.03. The van der Waals surface area contributed by atoms with Gasteiger partial charge in [-0.1, -0.05) is 11.6 Å². The van der Waals surface area contributed by atoms with E-state index in [1.165, 1.54) is 23.9 Å². The summed E-state index contributed by atoms with van der Waals surface area (Å²) in [6.07, 6.45) is 2.62. The Morgan fingerprint density at radius 2 is 2.12 bits per heavy atom. The first-order valence-electron chi connectivity index (χ1n) is 5.68. The highest BCUT2D eigenvalue weighted by Crippen LogP contribution is 2.42. The second-order valence-electron chi connectivity index (χ2n) is 4.62. The van der Waals surface area contributed by atoms with Crippen LogP contribution in [0.15, 0.2) is 18.2 Å². The summed E-state index contributed by atoms with van der Waals surface area (Å²) in [4.78, 5) is 0. The largest absolute Gasteiger partial charge is 0.346 e. The molecule has 0 amide bonds. The van der Waals surface area contributed by atoms with E-state index in [0.717, 1.165) is 22.0 Å². The Morgan fingerprint density at radius 3 is 2.75 bits per heavy atom. The standard InChI is InChI=1S/C13H15ClN2/c1-16-12(9-2-3-9)6-10-4-8(7-15)5-11(14)13(10)16/h4-6,9H,2-3,7,15H2,1H3. The molecule has 0 saturated heterocycles. The van der Waals surface area contributed by atoms with Crippen molar-refractivity contribution in [2.45, 2.75) is 25.3 Å². The molecule has 1 aromatic carbocycles. The smallest absolute Gasteiger partial charge is 0.0669 e. The van der Waals surface area contributed by atoms with Gasteiger partial charge in [-0.3, -0.25) is 0 Å². The van der Waals surface area contributed by atoms with E-state index in [1.807, 2.05) is 6.07 Å². The van der Waals surface area contributed by atoms with Crippen LogP contribution in [0.2, 0.25) is 5.02 Å². The number of halogens is 1. The minimum absolute atomic E-state index is 0.545. The summed E-state index contributed by atoms with van der Waals surface area (Å²) < 4.78 is 2.23. The monoisotopic (exact) mass is 234 g/mol. The highest BCUT2D eigenvalue weighted by Gasteiger charge is 2.27. The van der Waals surface area contributed by atoms with Gasteiger partial charge in [0.15, 0.2) is 0 Å². The first kappa shape index (κ1) is 10.2. The lowest BCUT2D eigenvalue weighted by molar-refractivity contribution is 0.857. The minimum Gasteiger partial charge on any atom is -0.346 e. The number of nitrogens with two attached hydrogens (primary N) is 1. The molecule has 3 heteroatoms. The predicted octanol–water partition coefficient (Wildman–Crippen LogP) is 3.17. The molecule has 0 unspecified atom stereocenters. The molecule has 1 aromatic heterocycles. The summed E-state index contributed by atoms with van der Waals surface area (Å²) in [5.74, 6) is 0.745. The van der Waals surface area contributed by atoms with Gasteiger partial charge >= 0.3 is 0 Å². The van der Waals surface area contributed by atoms with Crippen LogP contribution in [0, 0.1) is 0 Å². The van der Waals surface area contributed by atoms with Gasteiger partial charge in [-0.15, -0.1) is 0 Å². The number of nitrogens with zero attached hydrogens (tertiary/aromatic N) is 1. The highest BCUT2D eigenvalue weighted by atomic mass is 35.5. The molecule has 0 radical (unpaired) electrons. The molecule has 0 spiro atoms. The van der Waals surface area contributed by atoms with E-state index in [1.54, 1.807) is 0 Å². The van der Waals surface area contributed by atoms with Crippen molar-refractivity contribution in [2.24, 2.45) is 12.8 Å². The number of fused-ring (bicyclic) bond motifs is 1. The van der Waals surface area contributed by atoms with Gasteiger partial charge in [-0.25, -0.2) is 0 Å². The van der Waals surface area contributed by atoms with E-state index < -0.39 is 0 Å². The quantitative estimate of drug-likeness (QED) is 0.850. The average Bonchev–Trinajstić information content (AvgIpc) is 3.04. The summed E-state index contributed by atoms with van der Waals surface area (Å²) in [5.41, 5.74) is 9.31. The van der Waals surface area contributed by atoms with E-state index in [9.17, 15) is 0 Å². The van der Waals surface area contributed by atoms with Crippen LogP contribution < -0.4 is 5.73 Å². The number of hydrogen-bond donors (Lipinski definition) is 1. The molecule has 1 fully saturated rings. The van der Waals surface area contributed by atoms with E-state index >= 15 is 0 Å². The van der Waals surface area contributed by atoms with Crippen LogP contribution in [0.25, 0.3) is 10.9 Å². The Bertz CT molecular complexity index is 553. The topological polar surface area (TPSA) is 30.9 Å². The first-order chi connectivity index (χ1) is 7.70. The Morgan fingerprint density at radius 1 is 1.38 bits per heavy atom. The van der Waals surface area contributed by atoms with Gasteiger partial charge in [-0.05, 0) is 42.5 Å². The van der Waals surface area contributed by atoms with Crippen LogP contribution in [0.1, 0.15) is 30.0 Å². The van der Waals surface area contributed by atoms with E-state index in [-0.39, 0.29) is 0 Å². The van der Waals surface area contributed by atoms with Crippen molar-refractivity contribution in [2.75, 3.05) is 0 Å². The Balaban J connectivity index is 2.27. The van der Waals surface area contributed by atoms with E-state index in [4.69, 9.17) is 17.3 Å². The lowest BCUT2D eigenvalue weighted by Crippen LogP contribution is -1.97. The van der Waals surface area contributed by atoms with Crippen LogP contribution in [-0.4, -0.2) is 4.57 Å². The van der Waals surface area contributed by atoms with Gasteiger partial charge in [0, 0.05) is 24.7 Å². The molecule has 16 heavy (non-hydrogen) atoms. The fraction of sp³-hybridized carbons (Fsp3) is 0.385. The molecule has 0 bridgehead atoms. The number of aryl methyl sites for hydroxylation is 1. The molecule has 3 rings (SSSR count). The SMILES string of the molecule is Cn1c(C2CC2)cc2cc(CN)cc(Cl)c21. The maximum absolute atomic E-state index is 6.31. The van der Waals surface area contributed by atoms with Crippen molar-refractivity contribution in [1.29, 1.82) is 0 Å². The molecular weight excluding hydrogens is 220 g/mol. The van der Waals surface area contributed by atoms with Gasteiger partial charge in [0.05, 0.1) is 10.5 Å². The second kappa shape index (κ2) is 3.51. The van der Waals surface area contributed by atoms with Gasteiger partial charge in [0.25, 0.3) is 0 Å². The summed E-state index contributed by atoms with van der Waals surface area (Å²) >= 11 is 6.31. The Hall–Kier alpha value is -0.990. The molecule has 1 heterocycles. The van der Waals surface area contributed by atoms with Gasteiger partial charge < -0.3 is 10.3 Å². The maximum atomic E-state index is 6.31. The Labute approximate surface area is 100.0 Å². The molecule has 1 aliphatic rings. The molecular formula is C13H15ClN2. The van der Waals surface area contributed by atoms with Crippen molar-refractivity contribution in [3.8, 4) is 0 Å². The molecule has 0 atom stereocenters. The molecule has 0 aliphatic heterocycles. The number of benzene rings is 1. The summed E-state index contributed by atoms with van der Waals surface area (Å²) in [7, 11) is 2.10. The fourth-order valence-corrected chi connectivity index (χ4v) is 2.79. The number of hydrogen-bond acceptors (Lipinski definition) is 1. The highest BCUT2D eigenvalue weighted by molar-refractivity contribution is 6.35. The van der Waals surface area contributed by atoms with Crippen LogP contribution in [0.5, 0.6) is 0 Å². The first-order valence-corrected chi connectivity index (χ1v) is 6.06. The lowest BCUT2D eigenvalue weighted by atomic mass is 10.1. The molecule has 2 N–H and O–H groups in total. The van der Waals surface area contributed by atoms with Crippen LogP contribution in [-0.2, 0) is 13.6 Å². The van der Waals surface area contributed by atoms with Crippen molar-refractivity contribution in [3.05, 3.63) is 34.5 Å². The van der Waals surface area contributed by atoms with Gasteiger partial charge in [0.1, 0.15) is 0 Å². The zero-order chi connectivity index (χ0) is 11.3. The number of aromatic nitrogens is 1. The average molecular weight is 235 g/mol. The third-order valence-electron chi connectivity index (χ3n) is 3.41. The van der Waals surface area contributed by atoms with Crippen LogP contribution in [0.3, 0.4) is 0 Å². The summed E-state index contributed by atoms with van der Waals surface area (Å²) in [5, 5.41) is 2.03. The van der Waals surface area contributed by atoms with E-state index in [2.05, 4.69) is 23.7 Å². The molecule has 1 aliphatic carbocycles. The molecule has 1 saturated carbocycles. The third-order valence-corrected chi connectivity index (χ3v) is 3.70. The summed E-state index contributed by atoms with van der Waals surface area (Å²) in [6.45, 7) is 0.545. The molecule has 2 aromatic rings. The van der Waals surface area contributed by atoms with E-state index in [0.29, 0.717) is 6.54 Å². The summed E-state index contributed by atoms with van der Waals surface area (Å²) in [6, 6.07) is 6.38. The van der Waals surface area contributed by atoms with Crippen molar-refractivity contribution < 1.29 is 0 Å². The van der Waals surface area contributed by atoms with Gasteiger partial charge in [0.2, 0.25) is 0 Å². The normalized spacial score (nSPS) is 15.9. The maximum Gasteiger partial charge on any atom is 0.0669 e. The predicted molar refractivity (Wildman–Crippen MR) is 67.8 cm³/mol. The van der Waals surface area contributed by atoms with Crippen LogP contribution >= 0.6 is 11.6 Å². The van der Waals surface area contributed by atoms with Crippen molar-refractivity contribution >= 4 is 22.5 Å². The lowest BCUT2D eigenvalue weighted by Gasteiger charge is -2.04. The minimum atomic E-state index is 0.545. The van der Waals surface area contributed by atoms with Crippen molar-refractivity contribution in [1.82, 2.24) is 4.57 Å². The number of rotatable bonds is 2.